The molecular formula is C26H30F3N3O5. The molecule has 0 unspecified atom stereocenters. The first-order valence-electron chi connectivity index (χ1n) is 11.9. The van der Waals surface area contributed by atoms with Gasteiger partial charge in [0, 0.05) is 30.7 Å². The Morgan fingerprint density at radius 2 is 1.73 bits per heavy atom. The number of amides is 1. The summed E-state index contributed by atoms with van der Waals surface area (Å²) in [4.78, 5) is 27.0. The maximum Gasteiger partial charge on any atom is 0.490 e. The summed E-state index contributed by atoms with van der Waals surface area (Å²) in [7, 11) is 0. The zero-order valence-electron chi connectivity index (χ0n) is 20.3. The number of fused-ring (bicyclic) bond motifs is 1. The molecule has 3 aromatic rings. The molecule has 2 heterocycles. The number of carbonyl (C=O) groups excluding carboxylic acids is 1. The van der Waals surface area contributed by atoms with E-state index >= 15 is 0 Å². The van der Waals surface area contributed by atoms with Crippen LogP contribution in [0.25, 0.3) is 10.9 Å². The Morgan fingerprint density at radius 1 is 1.11 bits per heavy atom. The van der Waals surface area contributed by atoms with Crippen molar-refractivity contribution in [3.63, 3.8) is 0 Å². The van der Waals surface area contributed by atoms with Gasteiger partial charge in [0.15, 0.2) is 0 Å². The molecular weight excluding hydrogens is 491 g/mol. The number of benzene rings is 2. The molecule has 4 rings (SSSR count). The van der Waals surface area contributed by atoms with Crippen LogP contribution in [0.15, 0.2) is 48.7 Å². The van der Waals surface area contributed by atoms with Gasteiger partial charge in [-0.15, -0.1) is 0 Å². The molecule has 0 saturated carbocycles. The lowest BCUT2D eigenvalue weighted by molar-refractivity contribution is -0.192. The minimum Gasteiger partial charge on any atom is -0.508 e. The van der Waals surface area contributed by atoms with Crippen LogP contribution in [0, 0.1) is 0 Å². The lowest BCUT2D eigenvalue weighted by Gasteiger charge is -2.20. The van der Waals surface area contributed by atoms with Crippen molar-refractivity contribution in [2.24, 2.45) is 0 Å². The lowest BCUT2D eigenvalue weighted by atomic mass is 10.0. The number of carbonyl (C=O) groups is 2. The molecule has 0 aliphatic carbocycles. The molecule has 1 aliphatic rings. The number of aromatic amines is 1. The number of aromatic hydroxyl groups is 1. The fraction of sp³-hybridized carbons (Fsp3) is 0.385. The molecule has 1 aliphatic heterocycles. The molecule has 1 amide bonds. The Balaban J connectivity index is 0.000000479. The number of likely N-dealkylation sites (tertiary alicyclic amines) is 1. The standard InChI is InChI=1S/C24H29N3O3.C2HF3O2/c1-16(23(29)17-7-9-19(28)10-8-17)25-12-11-18-15-26-22-20(18)5-4-6-21(22)24(30)27-13-2-3-14-27;3-2(4,5)1(6)7/h4-10,15-16,23,25-26,28-29H,2-3,11-14H2,1H3;(H,6,7)/t16-,23-;/m0./s1. The minimum atomic E-state index is -5.08. The third kappa shape index (κ3) is 7.23. The predicted molar refractivity (Wildman–Crippen MR) is 131 cm³/mol. The smallest absolute Gasteiger partial charge is 0.490 e. The van der Waals surface area contributed by atoms with Crippen molar-refractivity contribution in [3.8, 4) is 5.75 Å². The lowest BCUT2D eigenvalue weighted by Crippen LogP contribution is -2.33. The molecule has 11 heteroatoms. The molecule has 1 saturated heterocycles. The van der Waals surface area contributed by atoms with Gasteiger partial charge in [0.2, 0.25) is 0 Å². The second-order valence-corrected chi connectivity index (χ2v) is 8.87. The topological polar surface area (TPSA) is 126 Å². The summed E-state index contributed by atoms with van der Waals surface area (Å²) in [6, 6.07) is 12.4. The number of aliphatic hydroxyl groups excluding tert-OH is 1. The fourth-order valence-electron chi connectivity index (χ4n) is 4.19. The highest BCUT2D eigenvalue weighted by atomic mass is 19.4. The Morgan fingerprint density at radius 3 is 2.32 bits per heavy atom. The monoisotopic (exact) mass is 521 g/mol. The summed E-state index contributed by atoms with van der Waals surface area (Å²) in [6.45, 7) is 4.33. The van der Waals surface area contributed by atoms with Gasteiger partial charge in [-0.3, -0.25) is 4.79 Å². The van der Waals surface area contributed by atoms with Crippen LogP contribution >= 0.6 is 0 Å². The van der Waals surface area contributed by atoms with Gasteiger partial charge in [0.05, 0.1) is 17.2 Å². The Bertz CT molecular complexity index is 1200. The average molecular weight is 522 g/mol. The summed E-state index contributed by atoms with van der Waals surface area (Å²) >= 11 is 0. The average Bonchev–Trinajstić information content (AvgIpc) is 3.54. The van der Waals surface area contributed by atoms with Crippen LogP contribution in [0.2, 0.25) is 0 Å². The molecule has 2 aromatic carbocycles. The number of phenolic OH excluding ortho intramolecular Hbond substituents is 1. The molecule has 37 heavy (non-hydrogen) atoms. The maximum atomic E-state index is 12.9. The van der Waals surface area contributed by atoms with Crippen LogP contribution in [-0.4, -0.2) is 68.9 Å². The number of alkyl halides is 3. The highest BCUT2D eigenvalue weighted by Crippen LogP contribution is 2.25. The van der Waals surface area contributed by atoms with Crippen LogP contribution in [0.5, 0.6) is 5.75 Å². The number of carboxylic acids is 1. The summed E-state index contributed by atoms with van der Waals surface area (Å²) in [5.74, 6) is -2.46. The Kier molecular flexibility index (Phi) is 9.17. The second kappa shape index (κ2) is 12.1. The van der Waals surface area contributed by atoms with Crippen molar-refractivity contribution in [3.05, 3.63) is 65.4 Å². The van der Waals surface area contributed by atoms with Gasteiger partial charge in [-0.05, 0) is 62.1 Å². The van der Waals surface area contributed by atoms with Crippen LogP contribution in [0.4, 0.5) is 13.2 Å². The molecule has 0 spiro atoms. The molecule has 0 radical (unpaired) electrons. The van der Waals surface area contributed by atoms with Crippen molar-refractivity contribution in [1.82, 2.24) is 15.2 Å². The van der Waals surface area contributed by atoms with E-state index in [0.717, 1.165) is 59.9 Å². The molecule has 0 bridgehead atoms. The van der Waals surface area contributed by atoms with E-state index in [9.17, 15) is 28.2 Å². The van der Waals surface area contributed by atoms with Gasteiger partial charge in [0.25, 0.3) is 5.91 Å². The third-order valence-corrected chi connectivity index (χ3v) is 6.24. The second-order valence-electron chi connectivity index (χ2n) is 8.87. The van der Waals surface area contributed by atoms with Crippen molar-refractivity contribution in [2.75, 3.05) is 19.6 Å². The van der Waals surface area contributed by atoms with E-state index in [1.807, 2.05) is 30.2 Å². The molecule has 1 fully saturated rings. The molecule has 200 valence electrons. The van der Waals surface area contributed by atoms with Crippen LogP contribution in [-0.2, 0) is 11.2 Å². The van der Waals surface area contributed by atoms with Crippen LogP contribution in [0.3, 0.4) is 0 Å². The summed E-state index contributed by atoms with van der Waals surface area (Å²) < 4.78 is 31.7. The van der Waals surface area contributed by atoms with Gasteiger partial charge in [-0.1, -0.05) is 24.3 Å². The van der Waals surface area contributed by atoms with E-state index in [2.05, 4.69) is 16.4 Å². The van der Waals surface area contributed by atoms with E-state index in [4.69, 9.17) is 9.90 Å². The fourth-order valence-corrected chi connectivity index (χ4v) is 4.19. The predicted octanol–water partition coefficient (Wildman–Crippen LogP) is 4.00. The van der Waals surface area contributed by atoms with E-state index in [1.54, 1.807) is 24.3 Å². The van der Waals surface area contributed by atoms with Gasteiger partial charge in [-0.2, -0.15) is 13.2 Å². The minimum absolute atomic E-state index is 0.107. The first-order valence-corrected chi connectivity index (χ1v) is 11.9. The number of hydrogen-bond acceptors (Lipinski definition) is 5. The highest BCUT2D eigenvalue weighted by Gasteiger charge is 2.38. The van der Waals surface area contributed by atoms with Crippen molar-refractivity contribution in [2.45, 2.75) is 44.5 Å². The van der Waals surface area contributed by atoms with Crippen LogP contribution in [0.1, 0.15) is 47.4 Å². The zero-order valence-corrected chi connectivity index (χ0v) is 20.3. The SMILES string of the molecule is C[C@H](NCCc1c[nH]c2c(C(=O)N3CCCC3)cccc12)[C@H](O)c1ccc(O)cc1.O=C(O)C(F)(F)F. The zero-order chi connectivity index (χ0) is 27.2. The number of aromatic nitrogens is 1. The Hall–Kier alpha value is -3.57. The van der Waals surface area contributed by atoms with Gasteiger partial charge in [0.1, 0.15) is 5.75 Å². The van der Waals surface area contributed by atoms with E-state index < -0.39 is 18.2 Å². The normalized spacial score (nSPS) is 15.2. The van der Waals surface area contributed by atoms with Crippen LogP contribution < -0.4 is 5.32 Å². The number of carboxylic acid groups (broad SMARTS) is 1. The number of halogens is 3. The quantitative estimate of drug-likeness (QED) is 0.320. The number of nitrogens with zero attached hydrogens (tertiary/aromatic N) is 1. The summed E-state index contributed by atoms with van der Waals surface area (Å²) in [6.07, 6.45) is -0.810. The molecule has 1 aromatic heterocycles. The van der Waals surface area contributed by atoms with Crippen molar-refractivity contribution < 1.29 is 38.1 Å². The number of aliphatic carboxylic acids is 1. The summed E-state index contributed by atoms with van der Waals surface area (Å²) in [5.41, 5.74) is 3.57. The number of para-hydroxylation sites is 1. The first kappa shape index (κ1) is 28.0. The number of nitrogens with one attached hydrogen (secondary N) is 2. The van der Waals surface area contributed by atoms with Gasteiger partial charge >= 0.3 is 12.1 Å². The largest absolute Gasteiger partial charge is 0.508 e. The summed E-state index contributed by atoms with van der Waals surface area (Å²) in [5, 5.41) is 31.5. The molecule has 5 N–H and O–H groups in total. The number of phenols is 1. The van der Waals surface area contributed by atoms with Gasteiger partial charge < -0.3 is 30.5 Å². The van der Waals surface area contributed by atoms with Gasteiger partial charge in [-0.25, -0.2) is 4.79 Å². The van der Waals surface area contributed by atoms with E-state index in [-0.39, 0.29) is 17.7 Å². The van der Waals surface area contributed by atoms with E-state index in [1.165, 1.54) is 0 Å². The number of rotatable bonds is 7. The number of H-pyrrole nitrogens is 1. The third-order valence-electron chi connectivity index (χ3n) is 6.24. The van der Waals surface area contributed by atoms with Crippen molar-refractivity contribution >= 4 is 22.8 Å². The highest BCUT2D eigenvalue weighted by molar-refractivity contribution is 6.06. The Labute approximate surface area is 211 Å². The molecule has 8 nitrogen and oxygen atoms in total. The maximum absolute atomic E-state index is 12.9. The van der Waals surface area contributed by atoms with E-state index in [0.29, 0.717) is 6.54 Å². The first-order chi connectivity index (χ1) is 17.5. The number of hydrogen-bond donors (Lipinski definition) is 5. The van der Waals surface area contributed by atoms with Crippen molar-refractivity contribution in [1.29, 1.82) is 0 Å². The molecule has 2 atom stereocenters. The number of aliphatic hydroxyl groups is 1.